The van der Waals surface area contributed by atoms with Gasteiger partial charge in [-0.25, -0.2) is 0 Å². The van der Waals surface area contributed by atoms with E-state index in [-0.39, 0.29) is 0 Å². The van der Waals surface area contributed by atoms with E-state index in [1.807, 2.05) is 45.0 Å². The third kappa shape index (κ3) is 4.91. The molecule has 0 aliphatic rings. The van der Waals surface area contributed by atoms with Gasteiger partial charge in [0.15, 0.2) is 0 Å². The molecule has 0 radical (unpaired) electrons. The SMILES string of the molecule is C/C(S)=C(\C(=C/C(C)(C)O)Cc1cccc2ccccc12)c1ccccc1. The lowest BCUT2D eigenvalue weighted by molar-refractivity contribution is 0.132. The van der Waals surface area contributed by atoms with Gasteiger partial charge >= 0.3 is 0 Å². The first-order valence-corrected chi connectivity index (χ1v) is 9.66. The highest BCUT2D eigenvalue weighted by molar-refractivity contribution is 7.84. The predicted molar refractivity (Wildman–Crippen MR) is 120 cm³/mol. The van der Waals surface area contributed by atoms with Crippen LogP contribution in [0.5, 0.6) is 0 Å². The van der Waals surface area contributed by atoms with Gasteiger partial charge < -0.3 is 5.11 Å². The predicted octanol–water partition coefficient (Wildman–Crippen LogP) is 6.44. The molecule has 0 aliphatic heterocycles. The molecule has 1 N–H and O–H groups in total. The summed E-state index contributed by atoms with van der Waals surface area (Å²) in [6.07, 6.45) is 2.68. The summed E-state index contributed by atoms with van der Waals surface area (Å²) in [4.78, 5) is 0.942. The summed E-state index contributed by atoms with van der Waals surface area (Å²) in [5, 5.41) is 13.0. The van der Waals surface area contributed by atoms with Crippen LogP contribution in [0.4, 0.5) is 0 Å². The van der Waals surface area contributed by atoms with Crippen LogP contribution in [0.3, 0.4) is 0 Å². The van der Waals surface area contributed by atoms with Gasteiger partial charge in [0, 0.05) is 0 Å². The second kappa shape index (κ2) is 8.16. The highest BCUT2D eigenvalue weighted by Gasteiger charge is 2.17. The molecule has 0 aliphatic carbocycles. The molecule has 1 nitrogen and oxygen atoms in total. The van der Waals surface area contributed by atoms with Gasteiger partial charge in [0.25, 0.3) is 0 Å². The Morgan fingerprint density at radius 3 is 2.22 bits per heavy atom. The maximum atomic E-state index is 10.5. The van der Waals surface area contributed by atoms with Gasteiger partial charge in [0.05, 0.1) is 5.60 Å². The normalized spacial score (nSPS) is 13.6. The minimum Gasteiger partial charge on any atom is -0.386 e. The largest absolute Gasteiger partial charge is 0.386 e. The van der Waals surface area contributed by atoms with Crippen LogP contribution in [0, 0.1) is 0 Å². The standard InChI is InChI=1S/C25H26OS/c1-18(27)24(20-11-5-4-6-12-20)22(17-25(2,3)26)16-21-14-9-13-19-10-7-8-15-23(19)21/h4-15,17,26-27H,16H2,1-3H3/b22-17-,24-18+. The Labute approximate surface area is 167 Å². The van der Waals surface area contributed by atoms with E-state index in [4.69, 9.17) is 12.6 Å². The van der Waals surface area contributed by atoms with Crippen LogP contribution in [-0.2, 0) is 6.42 Å². The fourth-order valence-electron chi connectivity index (χ4n) is 3.52. The minimum atomic E-state index is -0.914. The van der Waals surface area contributed by atoms with Crippen molar-refractivity contribution in [1.29, 1.82) is 0 Å². The van der Waals surface area contributed by atoms with Gasteiger partial charge in [-0.05, 0) is 71.2 Å². The molecule has 0 aromatic heterocycles. The smallest absolute Gasteiger partial charge is 0.0777 e. The van der Waals surface area contributed by atoms with Crippen molar-refractivity contribution >= 4 is 29.0 Å². The molecule has 3 aromatic carbocycles. The molecule has 0 amide bonds. The second-order valence-electron chi connectivity index (χ2n) is 7.46. The van der Waals surface area contributed by atoms with E-state index in [0.717, 1.165) is 28.0 Å². The number of fused-ring (bicyclic) bond motifs is 1. The molecule has 0 saturated heterocycles. The molecule has 27 heavy (non-hydrogen) atoms. The number of benzene rings is 3. The number of rotatable bonds is 5. The molecule has 3 aromatic rings. The average Bonchev–Trinajstić information content (AvgIpc) is 2.61. The molecule has 3 rings (SSSR count). The van der Waals surface area contributed by atoms with Crippen LogP contribution in [0.25, 0.3) is 16.3 Å². The van der Waals surface area contributed by atoms with Crippen molar-refractivity contribution in [2.75, 3.05) is 0 Å². The van der Waals surface area contributed by atoms with Crippen molar-refractivity contribution in [3.05, 3.63) is 100 Å². The maximum Gasteiger partial charge on any atom is 0.0777 e. The summed E-state index contributed by atoms with van der Waals surface area (Å²) in [6, 6.07) is 25.1. The third-order valence-electron chi connectivity index (χ3n) is 4.53. The van der Waals surface area contributed by atoms with Crippen molar-refractivity contribution in [3.8, 4) is 0 Å². The lowest BCUT2D eigenvalue weighted by atomic mass is 9.88. The molecule has 138 valence electrons. The zero-order valence-corrected chi connectivity index (χ0v) is 17.0. The van der Waals surface area contributed by atoms with E-state index < -0.39 is 5.60 Å². The summed E-state index contributed by atoms with van der Waals surface area (Å²) >= 11 is 4.69. The highest BCUT2D eigenvalue weighted by Crippen LogP contribution is 2.33. The molecule has 0 bridgehead atoms. The van der Waals surface area contributed by atoms with Gasteiger partial charge in [-0.3, -0.25) is 0 Å². The van der Waals surface area contributed by atoms with Crippen molar-refractivity contribution in [3.63, 3.8) is 0 Å². The monoisotopic (exact) mass is 374 g/mol. The van der Waals surface area contributed by atoms with Crippen LogP contribution >= 0.6 is 12.6 Å². The fraction of sp³-hybridized carbons (Fsp3) is 0.200. The summed E-state index contributed by atoms with van der Waals surface area (Å²) in [5.74, 6) is 0. The molecule has 0 fully saturated rings. The number of hydrogen-bond donors (Lipinski definition) is 2. The molecule has 0 spiro atoms. The van der Waals surface area contributed by atoms with Crippen molar-refractivity contribution in [2.24, 2.45) is 0 Å². The first-order valence-electron chi connectivity index (χ1n) is 9.21. The zero-order chi connectivity index (χ0) is 19.4. The van der Waals surface area contributed by atoms with Crippen LogP contribution in [0.2, 0.25) is 0 Å². The second-order valence-corrected chi connectivity index (χ2v) is 8.14. The molecule has 0 saturated carbocycles. The zero-order valence-electron chi connectivity index (χ0n) is 16.1. The third-order valence-corrected chi connectivity index (χ3v) is 4.76. The summed E-state index contributed by atoms with van der Waals surface area (Å²) in [5.41, 5.74) is 3.60. The lowest BCUT2D eigenvalue weighted by Gasteiger charge is -2.20. The molecular formula is C25H26OS. The van der Waals surface area contributed by atoms with Gasteiger partial charge in [0.2, 0.25) is 0 Å². The Balaban J connectivity index is 2.15. The van der Waals surface area contributed by atoms with E-state index in [1.54, 1.807) is 0 Å². The highest BCUT2D eigenvalue weighted by atomic mass is 32.1. The lowest BCUT2D eigenvalue weighted by Crippen LogP contribution is -2.16. The number of aliphatic hydroxyl groups is 1. The van der Waals surface area contributed by atoms with E-state index in [1.165, 1.54) is 16.3 Å². The molecular weight excluding hydrogens is 348 g/mol. The summed E-state index contributed by atoms with van der Waals surface area (Å²) in [7, 11) is 0. The van der Waals surface area contributed by atoms with Gasteiger partial charge in [-0.2, -0.15) is 0 Å². The molecule has 0 heterocycles. The summed E-state index contributed by atoms with van der Waals surface area (Å²) < 4.78 is 0. The Morgan fingerprint density at radius 2 is 1.56 bits per heavy atom. The number of hydrogen-bond acceptors (Lipinski definition) is 2. The first kappa shape index (κ1) is 19.5. The summed E-state index contributed by atoms with van der Waals surface area (Å²) in [6.45, 7) is 5.63. The average molecular weight is 375 g/mol. The van der Waals surface area contributed by atoms with Crippen LogP contribution in [0.15, 0.2) is 89.4 Å². The topological polar surface area (TPSA) is 20.2 Å². The fourth-order valence-corrected chi connectivity index (χ4v) is 3.79. The van der Waals surface area contributed by atoms with Gasteiger partial charge in [-0.15, -0.1) is 12.6 Å². The van der Waals surface area contributed by atoms with Crippen LogP contribution in [0.1, 0.15) is 31.9 Å². The van der Waals surface area contributed by atoms with E-state index in [2.05, 4.69) is 54.6 Å². The Morgan fingerprint density at radius 1 is 0.926 bits per heavy atom. The first-order chi connectivity index (χ1) is 12.8. The Hall–Kier alpha value is -2.29. The van der Waals surface area contributed by atoms with Crippen LogP contribution < -0.4 is 0 Å². The van der Waals surface area contributed by atoms with Crippen molar-refractivity contribution < 1.29 is 5.11 Å². The molecule has 2 heteroatoms. The quantitative estimate of drug-likeness (QED) is 0.389. The number of allylic oxidation sites excluding steroid dienone is 3. The van der Waals surface area contributed by atoms with E-state index >= 15 is 0 Å². The van der Waals surface area contributed by atoms with Gasteiger partial charge in [-0.1, -0.05) is 72.8 Å². The van der Waals surface area contributed by atoms with Crippen LogP contribution in [-0.4, -0.2) is 10.7 Å². The Kier molecular flexibility index (Phi) is 5.88. The molecule has 0 unspecified atom stereocenters. The van der Waals surface area contributed by atoms with E-state index in [0.29, 0.717) is 0 Å². The minimum absolute atomic E-state index is 0.730. The van der Waals surface area contributed by atoms with Gasteiger partial charge in [0.1, 0.15) is 0 Å². The molecule has 0 atom stereocenters. The van der Waals surface area contributed by atoms with Crippen molar-refractivity contribution in [1.82, 2.24) is 0 Å². The Bertz CT molecular complexity index is 982. The van der Waals surface area contributed by atoms with Crippen molar-refractivity contribution in [2.45, 2.75) is 32.8 Å². The number of thiol groups is 1. The van der Waals surface area contributed by atoms with E-state index in [9.17, 15) is 5.11 Å². The maximum absolute atomic E-state index is 10.5.